The number of ether oxygens (including phenoxy) is 1. The van der Waals surface area contributed by atoms with Crippen molar-refractivity contribution in [3.05, 3.63) is 26.6 Å². The van der Waals surface area contributed by atoms with Crippen LogP contribution >= 0.6 is 31.9 Å². The van der Waals surface area contributed by atoms with E-state index in [9.17, 15) is 0 Å². The van der Waals surface area contributed by atoms with Crippen LogP contribution in [0.3, 0.4) is 0 Å². The lowest BCUT2D eigenvalue weighted by Crippen LogP contribution is -2.27. The summed E-state index contributed by atoms with van der Waals surface area (Å²) >= 11 is 7.18. The summed E-state index contributed by atoms with van der Waals surface area (Å²) in [6.07, 6.45) is 3.99. The van der Waals surface area contributed by atoms with Crippen LogP contribution < -0.4 is 5.32 Å². The third-order valence-corrected chi connectivity index (χ3v) is 4.22. The van der Waals surface area contributed by atoms with Gasteiger partial charge in [0.2, 0.25) is 0 Å². The van der Waals surface area contributed by atoms with E-state index in [1.165, 1.54) is 18.4 Å². The summed E-state index contributed by atoms with van der Waals surface area (Å²) in [5, 5.41) is 3.46. The monoisotopic (exact) mass is 361 g/mol. The molecule has 2 rings (SSSR count). The van der Waals surface area contributed by atoms with Crippen LogP contribution in [0.5, 0.6) is 0 Å². The van der Waals surface area contributed by atoms with Crippen LogP contribution in [0.15, 0.2) is 21.1 Å². The van der Waals surface area contributed by atoms with Gasteiger partial charge in [-0.1, -0.05) is 0 Å². The lowest BCUT2D eigenvalue weighted by atomic mass is 10.1. The maximum Gasteiger partial charge on any atom is 0.0747 e. The first-order valence-electron chi connectivity index (χ1n) is 5.98. The molecule has 1 aliphatic heterocycles. The Hall–Kier alpha value is -0.0600. The molecule has 4 heteroatoms. The number of anilines is 1. The molecule has 1 unspecified atom stereocenters. The maximum atomic E-state index is 5.71. The van der Waals surface area contributed by atoms with Crippen molar-refractivity contribution in [1.82, 2.24) is 0 Å². The Bertz CT molecular complexity index is 366. The van der Waals surface area contributed by atoms with E-state index in [-0.39, 0.29) is 0 Å². The SMILES string of the molecule is Cc1cc(Br)c(NCC2CCCCO2)c(Br)c1. The molecular formula is C13H17Br2NO. The van der Waals surface area contributed by atoms with E-state index in [0.717, 1.165) is 34.2 Å². The molecule has 0 spiro atoms. The zero-order valence-corrected chi connectivity index (χ0v) is 13.1. The Labute approximate surface area is 119 Å². The Balaban J connectivity index is 1.98. The number of hydrogen-bond acceptors (Lipinski definition) is 2. The first-order chi connectivity index (χ1) is 8.16. The first kappa shape index (κ1) is 13.4. The van der Waals surface area contributed by atoms with E-state index in [0.29, 0.717) is 6.10 Å². The van der Waals surface area contributed by atoms with Gasteiger partial charge in [0.15, 0.2) is 0 Å². The molecule has 0 amide bonds. The molecule has 1 aromatic rings. The molecular weight excluding hydrogens is 346 g/mol. The van der Waals surface area contributed by atoms with Crippen LogP contribution in [0.25, 0.3) is 0 Å². The summed E-state index contributed by atoms with van der Waals surface area (Å²) in [7, 11) is 0. The number of aryl methyl sites for hydroxylation is 1. The normalized spacial score (nSPS) is 20.3. The fourth-order valence-electron chi connectivity index (χ4n) is 2.05. The predicted molar refractivity (Wildman–Crippen MR) is 78.7 cm³/mol. The lowest BCUT2D eigenvalue weighted by molar-refractivity contribution is 0.0247. The van der Waals surface area contributed by atoms with Gasteiger partial charge in [0.1, 0.15) is 0 Å². The third-order valence-electron chi connectivity index (χ3n) is 2.97. The van der Waals surface area contributed by atoms with Crippen LogP contribution in [0.2, 0.25) is 0 Å². The van der Waals surface area contributed by atoms with Crippen LogP contribution in [0.4, 0.5) is 5.69 Å². The quantitative estimate of drug-likeness (QED) is 0.854. The van der Waals surface area contributed by atoms with Crippen molar-refractivity contribution in [3.8, 4) is 0 Å². The summed E-state index contributed by atoms with van der Waals surface area (Å²) < 4.78 is 7.90. The highest BCUT2D eigenvalue weighted by molar-refractivity contribution is 9.11. The average Bonchev–Trinajstić information content (AvgIpc) is 2.29. The molecule has 2 nitrogen and oxygen atoms in total. The molecule has 1 N–H and O–H groups in total. The Morgan fingerprint density at radius 1 is 1.29 bits per heavy atom. The summed E-state index contributed by atoms with van der Waals surface area (Å²) in [6, 6.07) is 4.24. The van der Waals surface area contributed by atoms with Crippen LogP contribution in [0.1, 0.15) is 24.8 Å². The minimum Gasteiger partial charge on any atom is -0.381 e. The molecule has 0 bridgehead atoms. The van der Waals surface area contributed by atoms with E-state index in [4.69, 9.17) is 4.74 Å². The van der Waals surface area contributed by atoms with Crippen molar-refractivity contribution >= 4 is 37.5 Å². The number of hydrogen-bond donors (Lipinski definition) is 1. The molecule has 0 aliphatic carbocycles. The van der Waals surface area contributed by atoms with Gasteiger partial charge in [-0.25, -0.2) is 0 Å². The van der Waals surface area contributed by atoms with Gasteiger partial charge in [-0.3, -0.25) is 0 Å². The van der Waals surface area contributed by atoms with Gasteiger partial charge >= 0.3 is 0 Å². The standard InChI is InChI=1S/C13H17Br2NO/c1-9-6-11(14)13(12(15)7-9)16-8-10-4-2-3-5-17-10/h6-7,10,16H,2-5,8H2,1H3. The lowest BCUT2D eigenvalue weighted by Gasteiger charge is -2.24. The molecule has 1 heterocycles. The van der Waals surface area contributed by atoms with Crippen molar-refractivity contribution in [1.29, 1.82) is 0 Å². The van der Waals surface area contributed by atoms with E-state index in [1.807, 2.05) is 0 Å². The molecule has 1 atom stereocenters. The van der Waals surface area contributed by atoms with Crippen molar-refractivity contribution < 1.29 is 4.74 Å². The van der Waals surface area contributed by atoms with Crippen molar-refractivity contribution in [2.24, 2.45) is 0 Å². The topological polar surface area (TPSA) is 21.3 Å². The van der Waals surface area contributed by atoms with Gasteiger partial charge in [0, 0.05) is 22.1 Å². The Kier molecular flexibility index (Phi) is 4.88. The van der Waals surface area contributed by atoms with Crippen LogP contribution in [0, 0.1) is 6.92 Å². The molecule has 0 aromatic heterocycles. The number of benzene rings is 1. The second kappa shape index (κ2) is 6.21. The number of rotatable bonds is 3. The molecule has 0 saturated carbocycles. The highest BCUT2D eigenvalue weighted by Crippen LogP contribution is 2.32. The molecule has 1 saturated heterocycles. The summed E-state index contributed by atoms with van der Waals surface area (Å²) in [6.45, 7) is 3.87. The molecule has 0 radical (unpaired) electrons. The van der Waals surface area contributed by atoms with E-state index in [2.05, 4.69) is 56.2 Å². The highest BCUT2D eigenvalue weighted by atomic mass is 79.9. The van der Waals surface area contributed by atoms with Crippen LogP contribution in [-0.2, 0) is 4.74 Å². The van der Waals surface area contributed by atoms with Gasteiger partial charge in [-0.15, -0.1) is 0 Å². The highest BCUT2D eigenvalue weighted by Gasteiger charge is 2.14. The van der Waals surface area contributed by atoms with E-state index >= 15 is 0 Å². The smallest absolute Gasteiger partial charge is 0.0747 e. The predicted octanol–water partition coefficient (Wildman–Crippen LogP) is 4.50. The average molecular weight is 363 g/mol. The van der Waals surface area contributed by atoms with Gasteiger partial charge < -0.3 is 10.1 Å². The van der Waals surface area contributed by atoms with Crippen molar-refractivity contribution in [3.63, 3.8) is 0 Å². The Morgan fingerprint density at radius 2 is 2.00 bits per heavy atom. The zero-order valence-electron chi connectivity index (χ0n) is 9.93. The Morgan fingerprint density at radius 3 is 2.59 bits per heavy atom. The summed E-state index contributed by atoms with van der Waals surface area (Å²) in [5.41, 5.74) is 2.35. The van der Waals surface area contributed by atoms with Gasteiger partial charge in [-0.05, 0) is 75.7 Å². The number of nitrogens with one attached hydrogen (secondary N) is 1. The third kappa shape index (κ3) is 3.70. The fraction of sp³-hybridized carbons (Fsp3) is 0.538. The number of halogens is 2. The second-order valence-corrected chi connectivity index (χ2v) is 6.18. The summed E-state index contributed by atoms with van der Waals surface area (Å²) in [5.74, 6) is 0. The minimum absolute atomic E-state index is 0.351. The fourth-order valence-corrected chi connectivity index (χ4v) is 3.75. The van der Waals surface area contributed by atoms with Gasteiger partial charge in [-0.2, -0.15) is 0 Å². The largest absolute Gasteiger partial charge is 0.381 e. The molecule has 1 fully saturated rings. The van der Waals surface area contributed by atoms with Gasteiger partial charge in [0.05, 0.1) is 11.8 Å². The molecule has 17 heavy (non-hydrogen) atoms. The van der Waals surface area contributed by atoms with Crippen LogP contribution in [-0.4, -0.2) is 19.3 Å². The molecule has 1 aliphatic rings. The molecule has 94 valence electrons. The molecule has 1 aromatic carbocycles. The van der Waals surface area contributed by atoms with E-state index in [1.54, 1.807) is 0 Å². The van der Waals surface area contributed by atoms with Gasteiger partial charge in [0.25, 0.3) is 0 Å². The summed E-state index contributed by atoms with van der Waals surface area (Å²) in [4.78, 5) is 0. The zero-order chi connectivity index (χ0) is 12.3. The maximum absolute atomic E-state index is 5.71. The minimum atomic E-state index is 0.351. The first-order valence-corrected chi connectivity index (χ1v) is 7.56. The van der Waals surface area contributed by atoms with Crippen molar-refractivity contribution in [2.75, 3.05) is 18.5 Å². The van der Waals surface area contributed by atoms with Crippen molar-refractivity contribution in [2.45, 2.75) is 32.3 Å². The second-order valence-electron chi connectivity index (χ2n) is 4.47. The van der Waals surface area contributed by atoms with E-state index < -0.39 is 0 Å².